The molecule has 0 atom stereocenters. The Morgan fingerprint density at radius 3 is 2.70 bits per heavy atom. The van der Waals surface area contributed by atoms with Crippen LogP contribution in [0.1, 0.15) is 0 Å². The minimum Gasteiger partial charge on any atom is -0.314 e. The smallest absolute Gasteiger partial charge is 0.212 e. The van der Waals surface area contributed by atoms with Gasteiger partial charge in [-0.2, -0.15) is 5.10 Å². The lowest BCUT2D eigenvalue weighted by atomic mass is 10.6. The number of rotatable bonds is 2. The summed E-state index contributed by atoms with van der Waals surface area (Å²) < 4.78 is 0. The van der Waals surface area contributed by atoms with Gasteiger partial charge in [0, 0.05) is 6.07 Å². The molecule has 0 unspecified atom stereocenters. The van der Waals surface area contributed by atoms with Gasteiger partial charge < -0.3 is 5.32 Å². The minimum atomic E-state index is 0. The quantitative estimate of drug-likeness (QED) is 0.668. The molecule has 6 heteroatoms. The Morgan fingerprint density at radius 2 is 2.30 bits per heavy atom. The SMILES string of the molecule is Cl.Cl.O=CNc1ccn[nH]1. The lowest BCUT2D eigenvalue weighted by Crippen LogP contribution is -1.92. The summed E-state index contributed by atoms with van der Waals surface area (Å²) in [5.74, 6) is 0.611. The molecule has 1 rings (SSSR count). The maximum Gasteiger partial charge on any atom is 0.212 e. The highest BCUT2D eigenvalue weighted by Crippen LogP contribution is 1.93. The average molecular weight is 184 g/mol. The predicted molar refractivity (Wildman–Crippen MR) is 42.8 cm³/mol. The molecule has 1 heterocycles. The molecule has 58 valence electrons. The van der Waals surface area contributed by atoms with Crippen LogP contribution < -0.4 is 5.32 Å². The lowest BCUT2D eigenvalue weighted by molar-refractivity contribution is -0.105. The zero-order chi connectivity index (χ0) is 5.82. The summed E-state index contributed by atoms with van der Waals surface area (Å²) in [4.78, 5) is 9.71. The summed E-state index contributed by atoms with van der Waals surface area (Å²) >= 11 is 0. The van der Waals surface area contributed by atoms with E-state index in [4.69, 9.17) is 0 Å². The number of carbonyl (C=O) groups excluding carboxylic acids is 1. The van der Waals surface area contributed by atoms with E-state index in [1.54, 1.807) is 12.3 Å². The normalized spacial score (nSPS) is 6.80. The number of aromatic nitrogens is 2. The van der Waals surface area contributed by atoms with Crippen molar-refractivity contribution < 1.29 is 4.79 Å². The standard InChI is InChI=1S/C4H5N3O.2ClH/c8-3-5-4-1-2-6-7-4;;/h1-3H,(H2,5,6,7,8);2*1H. The Bertz CT molecular complexity index is 165. The monoisotopic (exact) mass is 183 g/mol. The van der Waals surface area contributed by atoms with Crippen molar-refractivity contribution in [1.82, 2.24) is 10.2 Å². The Labute approximate surface area is 70.2 Å². The van der Waals surface area contributed by atoms with Crippen LogP contribution in [0.15, 0.2) is 12.3 Å². The molecule has 2 N–H and O–H groups in total. The van der Waals surface area contributed by atoms with Gasteiger partial charge in [0.05, 0.1) is 6.20 Å². The molecule has 0 aliphatic carbocycles. The van der Waals surface area contributed by atoms with Gasteiger partial charge in [0.15, 0.2) is 0 Å². The third-order valence-corrected chi connectivity index (χ3v) is 0.715. The molecule has 0 aliphatic heterocycles. The first-order valence-corrected chi connectivity index (χ1v) is 2.13. The van der Waals surface area contributed by atoms with Crippen molar-refractivity contribution >= 4 is 37.0 Å². The highest BCUT2D eigenvalue weighted by Gasteiger charge is 1.84. The van der Waals surface area contributed by atoms with Crippen molar-refractivity contribution in [3.05, 3.63) is 12.3 Å². The topological polar surface area (TPSA) is 57.8 Å². The molecule has 0 aromatic carbocycles. The number of nitrogens with one attached hydrogen (secondary N) is 2. The van der Waals surface area contributed by atoms with Crippen LogP contribution in [0.25, 0.3) is 0 Å². The van der Waals surface area contributed by atoms with Gasteiger partial charge >= 0.3 is 0 Å². The molecule has 0 spiro atoms. The first-order valence-electron chi connectivity index (χ1n) is 2.13. The van der Waals surface area contributed by atoms with Gasteiger partial charge in [-0.25, -0.2) is 0 Å². The van der Waals surface area contributed by atoms with Crippen LogP contribution in [-0.4, -0.2) is 16.6 Å². The van der Waals surface area contributed by atoms with Crippen molar-refractivity contribution in [3.8, 4) is 0 Å². The van der Waals surface area contributed by atoms with E-state index in [1.165, 1.54) is 0 Å². The Balaban J connectivity index is 0. The second-order valence-corrected chi connectivity index (χ2v) is 1.23. The number of nitrogens with zero attached hydrogens (tertiary/aromatic N) is 1. The summed E-state index contributed by atoms with van der Waals surface area (Å²) in [6.45, 7) is 0. The maximum atomic E-state index is 9.71. The van der Waals surface area contributed by atoms with Crippen LogP contribution in [0.3, 0.4) is 0 Å². The molecular formula is C4H7Cl2N3O. The van der Waals surface area contributed by atoms with Crippen LogP contribution in [-0.2, 0) is 4.79 Å². The summed E-state index contributed by atoms with van der Waals surface area (Å²) in [5.41, 5.74) is 0. The molecule has 4 nitrogen and oxygen atoms in total. The Kier molecular flexibility index (Phi) is 7.65. The van der Waals surface area contributed by atoms with Crippen LogP contribution in [0, 0.1) is 0 Å². The van der Waals surface area contributed by atoms with Gasteiger partial charge in [-0.15, -0.1) is 24.8 Å². The molecule has 1 amide bonds. The first-order chi connectivity index (χ1) is 3.93. The molecule has 0 saturated heterocycles. The number of hydrogen-bond donors (Lipinski definition) is 2. The third-order valence-electron chi connectivity index (χ3n) is 0.715. The van der Waals surface area contributed by atoms with Gasteiger partial charge in [-0.3, -0.25) is 9.89 Å². The molecule has 0 saturated carbocycles. The lowest BCUT2D eigenvalue weighted by Gasteiger charge is -1.85. The zero-order valence-electron chi connectivity index (χ0n) is 4.90. The number of aromatic amines is 1. The zero-order valence-corrected chi connectivity index (χ0v) is 6.54. The van der Waals surface area contributed by atoms with Crippen molar-refractivity contribution in [2.45, 2.75) is 0 Å². The predicted octanol–water partition coefficient (Wildman–Crippen LogP) is 0.822. The van der Waals surface area contributed by atoms with E-state index in [2.05, 4.69) is 15.5 Å². The molecule has 1 aromatic heterocycles. The molecule has 0 bridgehead atoms. The van der Waals surface area contributed by atoms with Crippen molar-refractivity contribution in [2.24, 2.45) is 0 Å². The fourth-order valence-corrected chi connectivity index (χ4v) is 0.400. The minimum absolute atomic E-state index is 0. The van der Waals surface area contributed by atoms with Crippen molar-refractivity contribution in [2.75, 3.05) is 5.32 Å². The molecule has 0 aliphatic rings. The van der Waals surface area contributed by atoms with Gasteiger partial charge in [-0.1, -0.05) is 0 Å². The van der Waals surface area contributed by atoms with Gasteiger partial charge in [0.1, 0.15) is 5.82 Å². The summed E-state index contributed by atoms with van der Waals surface area (Å²) in [6.07, 6.45) is 2.15. The van der Waals surface area contributed by atoms with Crippen LogP contribution in [0.4, 0.5) is 5.82 Å². The number of anilines is 1. The highest BCUT2D eigenvalue weighted by atomic mass is 35.5. The van der Waals surface area contributed by atoms with Crippen LogP contribution in [0.2, 0.25) is 0 Å². The highest BCUT2D eigenvalue weighted by molar-refractivity contribution is 5.85. The second-order valence-electron chi connectivity index (χ2n) is 1.23. The summed E-state index contributed by atoms with van der Waals surface area (Å²) in [5, 5.41) is 8.53. The molecule has 0 fully saturated rings. The van der Waals surface area contributed by atoms with Crippen molar-refractivity contribution in [1.29, 1.82) is 0 Å². The van der Waals surface area contributed by atoms with E-state index in [0.29, 0.717) is 12.2 Å². The number of carbonyl (C=O) groups is 1. The number of amides is 1. The molecular weight excluding hydrogens is 177 g/mol. The first kappa shape index (κ1) is 12.0. The van der Waals surface area contributed by atoms with Gasteiger partial charge in [-0.05, 0) is 0 Å². The maximum absolute atomic E-state index is 9.71. The van der Waals surface area contributed by atoms with E-state index in [1.807, 2.05) is 0 Å². The van der Waals surface area contributed by atoms with Gasteiger partial charge in [0.25, 0.3) is 0 Å². The fraction of sp³-hybridized carbons (Fsp3) is 0. The molecule has 1 aromatic rings. The van der Waals surface area contributed by atoms with E-state index in [-0.39, 0.29) is 24.8 Å². The largest absolute Gasteiger partial charge is 0.314 e. The van der Waals surface area contributed by atoms with E-state index in [9.17, 15) is 4.79 Å². The van der Waals surface area contributed by atoms with Gasteiger partial charge in [0.2, 0.25) is 6.41 Å². The van der Waals surface area contributed by atoms with E-state index in [0.717, 1.165) is 0 Å². The number of halogens is 2. The third kappa shape index (κ3) is 3.32. The molecule has 0 radical (unpaired) electrons. The second kappa shape index (κ2) is 6.38. The Hall–Kier alpha value is -0.740. The fourth-order valence-electron chi connectivity index (χ4n) is 0.400. The Morgan fingerprint density at radius 1 is 1.60 bits per heavy atom. The van der Waals surface area contributed by atoms with E-state index < -0.39 is 0 Å². The van der Waals surface area contributed by atoms with Crippen LogP contribution >= 0.6 is 24.8 Å². The summed E-state index contributed by atoms with van der Waals surface area (Å²) in [6, 6.07) is 1.66. The molecule has 10 heavy (non-hydrogen) atoms. The van der Waals surface area contributed by atoms with Crippen LogP contribution in [0.5, 0.6) is 0 Å². The average Bonchev–Trinajstić information content (AvgIpc) is 2.19. The summed E-state index contributed by atoms with van der Waals surface area (Å²) in [7, 11) is 0. The number of H-pyrrole nitrogens is 1. The van der Waals surface area contributed by atoms with Crippen molar-refractivity contribution in [3.63, 3.8) is 0 Å². The van der Waals surface area contributed by atoms with E-state index >= 15 is 0 Å². The number of hydrogen-bond acceptors (Lipinski definition) is 2.